The smallest absolute Gasteiger partial charge is 0.389 e. The molecule has 0 saturated heterocycles. The fourth-order valence-corrected chi connectivity index (χ4v) is 0.913. The van der Waals surface area contributed by atoms with Crippen LogP contribution in [0.25, 0.3) is 0 Å². The molecule has 0 N–H and O–H groups in total. The van der Waals surface area contributed by atoms with Crippen LogP contribution in [0.2, 0.25) is 0 Å². The highest BCUT2D eigenvalue weighted by Crippen LogP contribution is 2.21. The average Bonchev–Trinajstić information content (AvgIpc) is 2.01. The zero-order valence-corrected chi connectivity index (χ0v) is 8.23. The Bertz CT molecular complexity index is 182. The van der Waals surface area contributed by atoms with Gasteiger partial charge in [-0.05, 0) is 20.0 Å². The molecule has 0 aromatic carbocycles. The van der Waals surface area contributed by atoms with Gasteiger partial charge >= 0.3 is 12.1 Å². The van der Waals surface area contributed by atoms with Crippen LogP contribution in [0, 0.1) is 0 Å². The van der Waals surface area contributed by atoms with Gasteiger partial charge in [0, 0.05) is 6.42 Å². The molecule has 14 heavy (non-hydrogen) atoms. The summed E-state index contributed by atoms with van der Waals surface area (Å²) in [4.78, 5) is 12.2. The van der Waals surface area contributed by atoms with Crippen molar-refractivity contribution in [1.29, 1.82) is 0 Å². The summed E-state index contributed by atoms with van der Waals surface area (Å²) in [6.07, 6.45) is -4.94. The van der Waals surface area contributed by atoms with E-state index in [9.17, 15) is 18.0 Å². The van der Waals surface area contributed by atoms with Crippen molar-refractivity contribution in [2.24, 2.45) is 0 Å². The summed E-state index contributed by atoms with van der Waals surface area (Å²) >= 11 is 0. The summed E-state index contributed by atoms with van der Waals surface area (Å²) in [6.45, 7) is 0.253. The van der Waals surface area contributed by atoms with E-state index in [1.807, 2.05) is 0 Å². The second-order valence-electron chi connectivity index (χ2n) is 3.03. The van der Waals surface area contributed by atoms with Gasteiger partial charge in [-0.2, -0.15) is 13.2 Å². The number of carbonyl (C=O) groups excluding carboxylic acids is 1. The number of methoxy groups -OCH3 is 1. The van der Waals surface area contributed by atoms with Gasteiger partial charge in [0.05, 0.1) is 13.7 Å². The van der Waals surface area contributed by atoms with Crippen molar-refractivity contribution in [2.75, 3.05) is 27.2 Å². The fraction of sp³-hybridized carbons (Fsp3) is 0.875. The molecule has 6 heteroatoms. The molecule has 0 unspecified atom stereocenters. The molecule has 0 aromatic rings. The van der Waals surface area contributed by atoms with Crippen LogP contribution in [0.1, 0.15) is 12.8 Å². The monoisotopic (exact) mass is 213 g/mol. The molecule has 0 atom stereocenters. The second-order valence-corrected chi connectivity index (χ2v) is 3.03. The third-order valence-electron chi connectivity index (χ3n) is 1.63. The van der Waals surface area contributed by atoms with E-state index < -0.39 is 18.6 Å². The quantitative estimate of drug-likeness (QED) is 0.647. The Hall–Kier alpha value is -0.780. The molecular formula is C8H14F3NO2. The lowest BCUT2D eigenvalue weighted by Crippen LogP contribution is -2.28. The third-order valence-corrected chi connectivity index (χ3v) is 1.63. The van der Waals surface area contributed by atoms with Crippen LogP contribution in [-0.2, 0) is 9.53 Å². The van der Waals surface area contributed by atoms with Crippen LogP contribution in [0.3, 0.4) is 0 Å². The minimum Gasteiger partial charge on any atom is -0.468 e. The summed E-state index contributed by atoms with van der Waals surface area (Å²) in [6, 6.07) is 0. The van der Waals surface area contributed by atoms with Crippen LogP contribution in [0.5, 0.6) is 0 Å². The molecule has 0 aliphatic carbocycles. The van der Waals surface area contributed by atoms with Crippen molar-refractivity contribution in [3.8, 4) is 0 Å². The summed E-state index contributed by atoms with van der Waals surface area (Å²) < 4.78 is 39.5. The SMILES string of the molecule is COC(=O)CN(C)CCCC(F)(F)F. The largest absolute Gasteiger partial charge is 0.468 e. The van der Waals surface area contributed by atoms with Gasteiger partial charge in [-0.1, -0.05) is 0 Å². The van der Waals surface area contributed by atoms with Gasteiger partial charge in [0.15, 0.2) is 0 Å². The van der Waals surface area contributed by atoms with E-state index in [4.69, 9.17) is 0 Å². The minimum absolute atomic E-state index is 0.00298. The van der Waals surface area contributed by atoms with Gasteiger partial charge in [0.2, 0.25) is 0 Å². The van der Waals surface area contributed by atoms with Gasteiger partial charge in [-0.25, -0.2) is 0 Å². The Morgan fingerprint density at radius 2 is 2.00 bits per heavy atom. The Kier molecular flexibility index (Phi) is 5.52. The molecule has 0 bridgehead atoms. The van der Waals surface area contributed by atoms with Crippen LogP contribution in [-0.4, -0.2) is 44.3 Å². The number of halogens is 3. The van der Waals surface area contributed by atoms with E-state index in [0.29, 0.717) is 0 Å². The molecule has 0 aromatic heterocycles. The normalized spacial score (nSPS) is 11.9. The molecule has 84 valence electrons. The van der Waals surface area contributed by atoms with Crippen LogP contribution in [0.4, 0.5) is 13.2 Å². The van der Waals surface area contributed by atoms with Gasteiger partial charge in [-0.15, -0.1) is 0 Å². The van der Waals surface area contributed by atoms with Crippen molar-refractivity contribution in [3.05, 3.63) is 0 Å². The summed E-state index contributed by atoms with van der Waals surface area (Å²) in [5.74, 6) is -0.445. The molecule has 0 rings (SSSR count). The van der Waals surface area contributed by atoms with Gasteiger partial charge < -0.3 is 4.74 Å². The number of alkyl halides is 3. The first-order chi connectivity index (χ1) is 6.35. The molecule has 0 aliphatic heterocycles. The molecular weight excluding hydrogens is 199 g/mol. The Morgan fingerprint density at radius 1 is 1.43 bits per heavy atom. The minimum atomic E-state index is -4.12. The molecule has 3 nitrogen and oxygen atoms in total. The maximum absolute atomic E-state index is 11.7. The summed E-state index contributed by atoms with van der Waals surface area (Å²) in [7, 11) is 2.82. The van der Waals surface area contributed by atoms with Crippen molar-refractivity contribution in [2.45, 2.75) is 19.0 Å². The first-order valence-corrected chi connectivity index (χ1v) is 4.17. The standard InChI is InChI=1S/C8H14F3NO2/c1-12(6-7(13)14-2)5-3-4-8(9,10)11/h3-6H2,1-2H3. The fourth-order valence-electron chi connectivity index (χ4n) is 0.913. The van der Waals surface area contributed by atoms with Gasteiger partial charge in [0.1, 0.15) is 0 Å². The van der Waals surface area contributed by atoms with Crippen LogP contribution in [0.15, 0.2) is 0 Å². The molecule has 0 amide bonds. The number of hydrogen-bond acceptors (Lipinski definition) is 3. The van der Waals surface area contributed by atoms with Crippen LogP contribution >= 0.6 is 0 Å². The lowest BCUT2D eigenvalue weighted by Gasteiger charge is -2.15. The van der Waals surface area contributed by atoms with E-state index in [0.717, 1.165) is 0 Å². The zero-order chi connectivity index (χ0) is 11.2. The highest BCUT2D eigenvalue weighted by molar-refractivity contribution is 5.71. The van der Waals surface area contributed by atoms with Gasteiger partial charge in [0.25, 0.3) is 0 Å². The first-order valence-electron chi connectivity index (χ1n) is 4.17. The lowest BCUT2D eigenvalue weighted by molar-refractivity contribution is -0.142. The van der Waals surface area contributed by atoms with Crippen molar-refractivity contribution >= 4 is 5.97 Å². The topological polar surface area (TPSA) is 29.5 Å². The Morgan fingerprint density at radius 3 is 2.43 bits per heavy atom. The molecule has 0 aliphatic rings. The maximum atomic E-state index is 11.7. The third kappa shape index (κ3) is 7.85. The number of likely N-dealkylation sites (N-methyl/N-ethyl adjacent to an activating group) is 1. The Labute approximate surface area is 80.8 Å². The van der Waals surface area contributed by atoms with Gasteiger partial charge in [-0.3, -0.25) is 9.69 Å². The van der Waals surface area contributed by atoms with E-state index in [2.05, 4.69) is 4.74 Å². The zero-order valence-electron chi connectivity index (χ0n) is 8.23. The average molecular weight is 213 g/mol. The van der Waals surface area contributed by atoms with Crippen molar-refractivity contribution in [3.63, 3.8) is 0 Å². The molecule has 0 radical (unpaired) electrons. The van der Waals surface area contributed by atoms with E-state index in [1.165, 1.54) is 12.0 Å². The van der Waals surface area contributed by atoms with Crippen molar-refractivity contribution in [1.82, 2.24) is 4.90 Å². The summed E-state index contributed by atoms with van der Waals surface area (Å²) in [5, 5.41) is 0. The molecule has 0 saturated carbocycles. The lowest BCUT2D eigenvalue weighted by atomic mass is 10.3. The maximum Gasteiger partial charge on any atom is 0.389 e. The van der Waals surface area contributed by atoms with Crippen molar-refractivity contribution < 1.29 is 22.7 Å². The number of nitrogens with zero attached hydrogens (tertiary/aromatic N) is 1. The van der Waals surface area contributed by atoms with E-state index in [-0.39, 0.29) is 19.5 Å². The number of hydrogen-bond donors (Lipinski definition) is 0. The molecule has 0 heterocycles. The molecule has 0 spiro atoms. The summed E-state index contributed by atoms with van der Waals surface area (Å²) in [5.41, 5.74) is 0. The predicted molar refractivity (Wildman–Crippen MR) is 44.8 cm³/mol. The number of esters is 1. The number of ether oxygens (including phenoxy) is 1. The Balaban J connectivity index is 3.54. The van der Waals surface area contributed by atoms with E-state index >= 15 is 0 Å². The molecule has 0 fully saturated rings. The number of carbonyl (C=O) groups is 1. The van der Waals surface area contributed by atoms with Crippen LogP contribution < -0.4 is 0 Å². The van der Waals surface area contributed by atoms with E-state index in [1.54, 1.807) is 7.05 Å². The first kappa shape index (κ1) is 13.2. The predicted octanol–water partition coefficient (Wildman–Crippen LogP) is 1.43. The number of rotatable bonds is 5. The highest BCUT2D eigenvalue weighted by Gasteiger charge is 2.26. The second kappa shape index (κ2) is 5.85. The highest BCUT2D eigenvalue weighted by atomic mass is 19.4.